The molecule has 0 bridgehead atoms. The van der Waals surface area contributed by atoms with E-state index in [1.165, 1.54) is 7.11 Å². The second-order valence-electron chi connectivity index (χ2n) is 6.08. The Morgan fingerprint density at radius 1 is 0.862 bits per heavy atom. The average Bonchev–Trinajstić information content (AvgIpc) is 2.71. The van der Waals surface area contributed by atoms with Gasteiger partial charge in [-0.2, -0.15) is 0 Å². The van der Waals surface area contributed by atoms with Gasteiger partial charge >= 0.3 is 5.97 Å². The minimum Gasteiger partial charge on any atom is -0.490 e. The highest BCUT2D eigenvalue weighted by Crippen LogP contribution is 2.39. The van der Waals surface area contributed by atoms with Gasteiger partial charge in [0.2, 0.25) is 5.75 Å². The average molecular weight is 401 g/mol. The number of esters is 1. The van der Waals surface area contributed by atoms with Gasteiger partial charge in [-0.3, -0.25) is 4.79 Å². The van der Waals surface area contributed by atoms with Crippen LogP contribution in [0.2, 0.25) is 0 Å². The molecule has 0 aliphatic heterocycles. The fourth-order valence-corrected chi connectivity index (χ4v) is 2.76. The number of hydrogen-bond acceptors (Lipinski definition) is 6. The summed E-state index contributed by atoms with van der Waals surface area (Å²) in [6.45, 7) is 8.67. The van der Waals surface area contributed by atoms with Crippen molar-refractivity contribution >= 4 is 17.6 Å². The summed E-state index contributed by atoms with van der Waals surface area (Å²) in [6.07, 6.45) is 0. The molecule has 0 aromatic heterocycles. The highest BCUT2D eigenvalue weighted by molar-refractivity contribution is 6.05. The van der Waals surface area contributed by atoms with Gasteiger partial charge in [-0.25, -0.2) is 4.79 Å². The molecule has 0 atom stereocenters. The molecular formula is C22H27NO6. The number of aryl methyl sites for hydroxylation is 1. The van der Waals surface area contributed by atoms with E-state index in [-0.39, 0.29) is 5.91 Å². The van der Waals surface area contributed by atoms with Crippen LogP contribution in [-0.4, -0.2) is 38.8 Å². The summed E-state index contributed by atoms with van der Waals surface area (Å²) in [5, 5.41) is 2.86. The van der Waals surface area contributed by atoms with Crippen LogP contribution in [0, 0.1) is 6.92 Å². The Labute approximate surface area is 170 Å². The zero-order valence-corrected chi connectivity index (χ0v) is 17.5. The van der Waals surface area contributed by atoms with Gasteiger partial charge in [0.05, 0.1) is 32.5 Å². The Bertz CT molecular complexity index is 851. The van der Waals surface area contributed by atoms with E-state index in [0.29, 0.717) is 53.9 Å². The summed E-state index contributed by atoms with van der Waals surface area (Å²) < 4.78 is 21.7. The standard InChI is InChI=1S/C22H27NO6/c1-6-27-18-12-16(13-19(28-7-2)20(18)29-8-3)21(24)23-17-10-9-15(11-14(17)4)22(25)26-5/h9-13H,6-8H2,1-5H3,(H,23,24). The van der Waals surface area contributed by atoms with Crippen LogP contribution in [-0.2, 0) is 4.74 Å². The predicted molar refractivity (Wildman–Crippen MR) is 110 cm³/mol. The summed E-state index contributed by atoms with van der Waals surface area (Å²) in [6, 6.07) is 8.19. The first-order valence-corrected chi connectivity index (χ1v) is 9.51. The largest absolute Gasteiger partial charge is 0.490 e. The van der Waals surface area contributed by atoms with Crippen molar-refractivity contribution in [3.05, 3.63) is 47.0 Å². The number of methoxy groups -OCH3 is 1. The van der Waals surface area contributed by atoms with Crippen LogP contribution in [0.3, 0.4) is 0 Å². The highest BCUT2D eigenvalue weighted by atomic mass is 16.5. The molecule has 0 radical (unpaired) electrons. The molecule has 0 unspecified atom stereocenters. The van der Waals surface area contributed by atoms with Gasteiger partial charge in [0.25, 0.3) is 5.91 Å². The molecule has 29 heavy (non-hydrogen) atoms. The number of carbonyl (C=O) groups is 2. The lowest BCUT2D eigenvalue weighted by Crippen LogP contribution is -2.14. The molecule has 7 heteroatoms. The van der Waals surface area contributed by atoms with Gasteiger partial charge in [-0.1, -0.05) is 0 Å². The molecular weight excluding hydrogens is 374 g/mol. The number of hydrogen-bond donors (Lipinski definition) is 1. The molecule has 1 N–H and O–H groups in total. The van der Waals surface area contributed by atoms with Crippen LogP contribution in [0.4, 0.5) is 5.69 Å². The number of rotatable bonds is 9. The quantitative estimate of drug-likeness (QED) is 0.633. The summed E-state index contributed by atoms with van der Waals surface area (Å²) >= 11 is 0. The highest BCUT2D eigenvalue weighted by Gasteiger charge is 2.19. The van der Waals surface area contributed by atoms with Gasteiger partial charge in [-0.05, 0) is 63.6 Å². The van der Waals surface area contributed by atoms with Gasteiger partial charge in [0.1, 0.15) is 0 Å². The van der Waals surface area contributed by atoms with Gasteiger partial charge in [0, 0.05) is 11.3 Å². The zero-order valence-electron chi connectivity index (χ0n) is 17.5. The Morgan fingerprint density at radius 2 is 1.45 bits per heavy atom. The van der Waals surface area contributed by atoms with Crippen molar-refractivity contribution in [3.8, 4) is 17.2 Å². The molecule has 0 spiro atoms. The number of ether oxygens (including phenoxy) is 4. The Morgan fingerprint density at radius 3 is 1.93 bits per heavy atom. The molecule has 0 aliphatic carbocycles. The smallest absolute Gasteiger partial charge is 0.337 e. The molecule has 2 aromatic rings. The first-order chi connectivity index (χ1) is 13.9. The number of carbonyl (C=O) groups excluding carboxylic acids is 2. The van der Waals surface area contributed by atoms with Gasteiger partial charge in [0.15, 0.2) is 11.5 Å². The summed E-state index contributed by atoms with van der Waals surface area (Å²) in [5.41, 5.74) is 2.12. The minimum atomic E-state index is -0.430. The molecule has 0 aliphatic rings. The van der Waals surface area contributed by atoms with E-state index in [9.17, 15) is 9.59 Å². The topological polar surface area (TPSA) is 83.1 Å². The molecule has 7 nitrogen and oxygen atoms in total. The number of anilines is 1. The maximum absolute atomic E-state index is 12.9. The van der Waals surface area contributed by atoms with E-state index >= 15 is 0 Å². The van der Waals surface area contributed by atoms with Crippen LogP contribution in [0.25, 0.3) is 0 Å². The second kappa shape index (κ2) is 10.4. The predicted octanol–water partition coefficient (Wildman–Crippen LogP) is 4.23. The molecule has 1 amide bonds. The van der Waals surface area contributed by atoms with Gasteiger partial charge in [-0.15, -0.1) is 0 Å². The number of amides is 1. The van der Waals surface area contributed by atoms with Crippen molar-refractivity contribution in [1.82, 2.24) is 0 Å². The molecule has 0 saturated heterocycles. The van der Waals surface area contributed by atoms with Crippen molar-refractivity contribution in [3.63, 3.8) is 0 Å². The third kappa shape index (κ3) is 5.40. The van der Waals surface area contributed by atoms with Crippen molar-refractivity contribution in [1.29, 1.82) is 0 Å². The summed E-state index contributed by atoms with van der Waals surface area (Å²) in [4.78, 5) is 24.5. The number of benzene rings is 2. The molecule has 2 aromatic carbocycles. The van der Waals surface area contributed by atoms with Crippen molar-refractivity contribution in [2.75, 3.05) is 32.2 Å². The third-order valence-corrected chi connectivity index (χ3v) is 4.07. The SMILES string of the molecule is CCOc1cc(C(=O)Nc2ccc(C(=O)OC)cc2C)cc(OCC)c1OCC. The Balaban J connectivity index is 2.35. The molecule has 0 fully saturated rings. The lowest BCUT2D eigenvalue weighted by atomic mass is 10.1. The van der Waals surface area contributed by atoms with E-state index in [2.05, 4.69) is 5.32 Å². The third-order valence-electron chi connectivity index (χ3n) is 4.07. The van der Waals surface area contributed by atoms with Crippen molar-refractivity contribution < 1.29 is 28.5 Å². The second-order valence-corrected chi connectivity index (χ2v) is 6.08. The maximum Gasteiger partial charge on any atom is 0.337 e. The van der Waals surface area contributed by atoms with E-state index in [0.717, 1.165) is 5.56 Å². The summed E-state index contributed by atoms with van der Waals surface area (Å²) in [7, 11) is 1.32. The maximum atomic E-state index is 12.9. The van der Waals surface area contributed by atoms with Gasteiger partial charge < -0.3 is 24.3 Å². The normalized spacial score (nSPS) is 10.2. The minimum absolute atomic E-state index is 0.330. The molecule has 0 saturated carbocycles. The van der Waals surface area contributed by atoms with Crippen LogP contribution >= 0.6 is 0 Å². The van der Waals surface area contributed by atoms with Crippen LogP contribution in [0.1, 0.15) is 47.1 Å². The number of nitrogens with one attached hydrogen (secondary N) is 1. The molecule has 2 rings (SSSR count). The zero-order chi connectivity index (χ0) is 21.4. The fourth-order valence-electron chi connectivity index (χ4n) is 2.76. The fraction of sp³-hybridized carbons (Fsp3) is 0.364. The Hall–Kier alpha value is -3.22. The molecule has 0 heterocycles. The monoisotopic (exact) mass is 401 g/mol. The van der Waals surface area contributed by atoms with Crippen molar-refractivity contribution in [2.24, 2.45) is 0 Å². The van der Waals surface area contributed by atoms with E-state index in [1.807, 2.05) is 20.8 Å². The van der Waals surface area contributed by atoms with Crippen LogP contribution in [0.5, 0.6) is 17.2 Å². The van der Waals surface area contributed by atoms with E-state index < -0.39 is 5.97 Å². The van der Waals surface area contributed by atoms with Crippen LogP contribution < -0.4 is 19.5 Å². The summed E-state index contributed by atoms with van der Waals surface area (Å²) in [5.74, 6) is 0.613. The van der Waals surface area contributed by atoms with E-state index in [1.54, 1.807) is 37.3 Å². The lowest BCUT2D eigenvalue weighted by molar-refractivity contribution is 0.0600. The first kappa shape index (κ1) is 22.1. The van der Waals surface area contributed by atoms with E-state index in [4.69, 9.17) is 18.9 Å². The lowest BCUT2D eigenvalue weighted by Gasteiger charge is -2.17. The Kier molecular flexibility index (Phi) is 7.88. The van der Waals surface area contributed by atoms with Crippen LogP contribution in [0.15, 0.2) is 30.3 Å². The van der Waals surface area contributed by atoms with Crippen molar-refractivity contribution in [2.45, 2.75) is 27.7 Å². The molecule has 156 valence electrons. The first-order valence-electron chi connectivity index (χ1n) is 9.51.